The Kier molecular flexibility index (Phi) is 5.12. The van der Waals surface area contributed by atoms with E-state index in [2.05, 4.69) is 0 Å². The minimum atomic E-state index is -0.246. The van der Waals surface area contributed by atoms with Crippen LogP contribution in [0.1, 0.15) is 11.1 Å². The van der Waals surface area contributed by atoms with E-state index in [9.17, 15) is 9.90 Å². The van der Waals surface area contributed by atoms with Gasteiger partial charge in [-0.05, 0) is 17.7 Å². The third-order valence-electron chi connectivity index (χ3n) is 4.28. The fourth-order valence-corrected chi connectivity index (χ4v) is 2.98. The first-order chi connectivity index (χ1) is 13.0. The molecule has 0 saturated heterocycles. The zero-order valence-corrected chi connectivity index (χ0v) is 15.5. The van der Waals surface area contributed by atoms with E-state index in [1.54, 1.807) is 24.3 Å². The molecule has 27 heavy (non-hydrogen) atoms. The highest BCUT2D eigenvalue weighted by atomic mass is 16.5. The van der Waals surface area contributed by atoms with Crippen LogP contribution in [0, 0.1) is 0 Å². The summed E-state index contributed by atoms with van der Waals surface area (Å²) in [7, 11) is 5.88. The molecule has 3 aromatic rings. The molecule has 0 unspecified atom stereocenters. The highest BCUT2D eigenvalue weighted by Gasteiger charge is 2.21. The van der Waals surface area contributed by atoms with Crippen LogP contribution in [0.5, 0.6) is 28.7 Å². The quantitative estimate of drug-likeness (QED) is 0.711. The number of rotatable bonds is 6. The van der Waals surface area contributed by atoms with Crippen molar-refractivity contribution in [3.63, 3.8) is 0 Å². The Morgan fingerprint density at radius 3 is 2.22 bits per heavy atom. The Morgan fingerprint density at radius 2 is 1.63 bits per heavy atom. The van der Waals surface area contributed by atoms with Crippen LogP contribution in [0.3, 0.4) is 0 Å². The first-order valence-corrected chi connectivity index (χ1v) is 8.13. The normalized spacial score (nSPS) is 10.7. The summed E-state index contributed by atoms with van der Waals surface area (Å²) >= 11 is 0. The molecule has 0 aliphatic heterocycles. The van der Waals surface area contributed by atoms with Gasteiger partial charge in [-0.3, -0.25) is 4.79 Å². The van der Waals surface area contributed by atoms with Gasteiger partial charge in [0.05, 0.1) is 34.7 Å². The first-order valence-electron chi connectivity index (χ1n) is 8.13. The Hall–Kier alpha value is -3.35. The molecule has 0 bridgehead atoms. The molecule has 0 fully saturated rings. The van der Waals surface area contributed by atoms with Gasteiger partial charge in [0, 0.05) is 18.1 Å². The lowest BCUT2D eigenvalue weighted by atomic mass is 10.0. The van der Waals surface area contributed by atoms with E-state index in [1.165, 1.54) is 34.7 Å². The van der Waals surface area contributed by atoms with Crippen LogP contribution in [0.15, 0.2) is 39.7 Å². The molecule has 142 valence electrons. The summed E-state index contributed by atoms with van der Waals surface area (Å²) in [5, 5.41) is 10.2. The molecule has 2 aromatic carbocycles. The summed E-state index contributed by atoms with van der Waals surface area (Å²) in [6, 6.07) is 6.55. The topological polar surface area (TPSA) is 87.4 Å². The third-order valence-corrected chi connectivity index (χ3v) is 4.28. The van der Waals surface area contributed by atoms with Crippen molar-refractivity contribution in [2.75, 3.05) is 28.4 Å². The summed E-state index contributed by atoms with van der Waals surface area (Å²) in [5.74, 6) is 1.34. The number of methoxy groups -OCH3 is 4. The minimum Gasteiger partial charge on any atom is -0.504 e. The molecule has 1 heterocycles. The van der Waals surface area contributed by atoms with Crippen molar-refractivity contribution < 1.29 is 28.5 Å². The smallest absolute Gasteiger partial charge is 0.204 e. The average molecular weight is 372 g/mol. The molecular formula is C20H20O7. The van der Waals surface area contributed by atoms with Crippen LogP contribution >= 0.6 is 0 Å². The molecule has 1 N–H and O–H groups in total. The Morgan fingerprint density at radius 1 is 0.926 bits per heavy atom. The fourth-order valence-electron chi connectivity index (χ4n) is 2.98. The number of hydrogen-bond donors (Lipinski definition) is 1. The van der Waals surface area contributed by atoms with Gasteiger partial charge >= 0.3 is 0 Å². The van der Waals surface area contributed by atoms with Crippen molar-refractivity contribution in [3.05, 3.63) is 51.9 Å². The molecule has 0 saturated carbocycles. The molecule has 3 rings (SSSR count). The van der Waals surface area contributed by atoms with Crippen LogP contribution in [0.2, 0.25) is 0 Å². The molecule has 0 spiro atoms. The van der Waals surface area contributed by atoms with Crippen molar-refractivity contribution in [3.8, 4) is 28.7 Å². The molecule has 7 nitrogen and oxygen atoms in total. The van der Waals surface area contributed by atoms with E-state index in [4.69, 9.17) is 23.4 Å². The van der Waals surface area contributed by atoms with E-state index in [1.807, 2.05) is 0 Å². The van der Waals surface area contributed by atoms with Gasteiger partial charge in [-0.25, -0.2) is 0 Å². The monoisotopic (exact) mass is 372 g/mol. The third kappa shape index (κ3) is 3.23. The zero-order valence-electron chi connectivity index (χ0n) is 15.5. The number of phenols is 1. The van der Waals surface area contributed by atoms with Crippen molar-refractivity contribution >= 4 is 11.0 Å². The van der Waals surface area contributed by atoms with Crippen LogP contribution in [-0.2, 0) is 6.42 Å². The van der Waals surface area contributed by atoms with Gasteiger partial charge in [-0.1, -0.05) is 6.07 Å². The number of fused-ring (bicyclic) bond motifs is 1. The largest absolute Gasteiger partial charge is 0.504 e. The fraction of sp³-hybridized carbons (Fsp3) is 0.250. The van der Waals surface area contributed by atoms with E-state index in [0.29, 0.717) is 28.4 Å². The molecule has 0 atom stereocenters. The van der Waals surface area contributed by atoms with Gasteiger partial charge in [0.1, 0.15) is 11.0 Å². The average Bonchev–Trinajstić information content (AvgIpc) is 2.68. The maximum absolute atomic E-state index is 13.1. The van der Waals surface area contributed by atoms with Crippen LogP contribution in [0.25, 0.3) is 11.0 Å². The van der Waals surface area contributed by atoms with Crippen molar-refractivity contribution in [2.24, 2.45) is 0 Å². The highest BCUT2D eigenvalue weighted by Crippen LogP contribution is 2.42. The van der Waals surface area contributed by atoms with Crippen LogP contribution in [0.4, 0.5) is 0 Å². The first kappa shape index (κ1) is 18.4. The minimum absolute atomic E-state index is 0.00385. The van der Waals surface area contributed by atoms with Gasteiger partial charge in [0.2, 0.25) is 5.75 Å². The van der Waals surface area contributed by atoms with Gasteiger partial charge in [0.25, 0.3) is 0 Å². The van der Waals surface area contributed by atoms with Crippen LogP contribution in [-0.4, -0.2) is 33.5 Å². The second-order valence-electron chi connectivity index (χ2n) is 5.79. The molecule has 0 amide bonds. The maximum Gasteiger partial charge on any atom is 0.204 e. The summed E-state index contributed by atoms with van der Waals surface area (Å²) < 4.78 is 26.7. The standard InChI is InChI=1S/C20H20O7/c1-23-14-6-5-11(8-13(14)21)7-12-10-27-15-9-16(24-2)19(25-3)20(26-4)17(15)18(12)22/h5-6,8-10,21H,7H2,1-4H3. The van der Waals surface area contributed by atoms with Gasteiger partial charge in [0.15, 0.2) is 28.4 Å². The number of aromatic hydroxyl groups is 1. The van der Waals surface area contributed by atoms with E-state index < -0.39 is 0 Å². The lowest BCUT2D eigenvalue weighted by molar-refractivity contribution is 0.326. The summed E-state index contributed by atoms with van der Waals surface area (Å²) in [5.41, 5.74) is 1.23. The maximum atomic E-state index is 13.1. The predicted molar refractivity (Wildman–Crippen MR) is 99.6 cm³/mol. The lowest BCUT2D eigenvalue weighted by Crippen LogP contribution is -2.11. The second-order valence-corrected chi connectivity index (χ2v) is 5.79. The number of ether oxygens (including phenoxy) is 4. The number of benzene rings is 2. The number of hydrogen-bond acceptors (Lipinski definition) is 7. The van der Waals surface area contributed by atoms with E-state index in [0.717, 1.165) is 5.56 Å². The van der Waals surface area contributed by atoms with E-state index >= 15 is 0 Å². The van der Waals surface area contributed by atoms with Crippen molar-refractivity contribution in [1.29, 1.82) is 0 Å². The molecule has 0 radical (unpaired) electrons. The lowest BCUT2D eigenvalue weighted by Gasteiger charge is -2.14. The highest BCUT2D eigenvalue weighted by molar-refractivity contribution is 5.89. The molecular weight excluding hydrogens is 352 g/mol. The SMILES string of the molecule is COc1ccc(Cc2coc3cc(OC)c(OC)c(OC)c3c2=O)cc1O. The van der Waals surface area contributed by atoms with Gasteiger partial charge in [-0.2, -0.15) is 0 Å². The molecule has 0 aliphatic carbocycles. The Labute approximate surface area is 155 Å². The second kappa shape index (κ2) is 7.49. The molecule has 7 heteroatoms. The number of phenolic OH excluding ortho intramolecular Hbond substituents is 1. The molecule has 1 aromatic heterocycles. The van der Waals surface area contributed by atoms with Crippen molar-refractivity contribution in [2.45, 2.75) is 6.42 Å². The Balaban J connectivity index is 2.14. The van der Waals surface area contributed by atoms with E-state index in [-0.39, 0.29) is 28.7 Å². The van der Waals surface area contributed by atoms with Crippen molar-refractivity contribution in [1.82, 2.24) is 0 Å². The zero-order chi connectivity index (χ0) is 19.6. The Bertz CT molecular complexity index is 1040. The molecule has 0 aliphatic rings. The summed E-state index contributed by atoms with van der Waals surface area (Å²) in [4.78, 5) is 13.1. The van der Waals surface area contributed by atoms with Crippen LogP contribution < -0.4 is 24.4 Å². The summed E-state index contributed by atoms with van der Waals surface area (Å²) in [6.45, 7) is 0. The van der Waals surface area contributed by atoms with Gasteiger partial charge in [-0.15, -0.1) is 0 Å². The summed E-state index contributed by atoms with van der Waals surface area (Å²) in [6.07, 6.45) is 1.67. The van der Waals surface area contributed by atoms with Gasteiger partial charge < -0.3 is 28.5 Å². The predicted octanol–water partition coefficient (Wildman–Crippen LogP) is 3.12.